The fourth-order valence-corrected chi connectivity index (χ4v) is 1.84. The van der Waals surface area contributed by atoms with E-state index in [2.05, 4.69) is 31.2 Å². The standard InChI is InChI=1S/C12H22N2O/c1-6-12(8(2)3)13-7-11-9(4)14-15-10(11)5/h8,12-13H,6-7H2,1-5H3/t12-/m1/s1. The lowest BCUT2D eigenvalue weighted by Crippen LogP contribution is -2.32. The summed E-state index contributed by atoms with van der Waals surface area (Å²) in [5, 5.41) is 7.50. The number of hydrogen-bond acceptors (Lipinski definition) is 3. The van der Waals surface area contributed by atoms with Gasteiger partial charge in [-0.2, -0.15) is 0 Å². The van der Waals surface area contributed by atoms with Crippen molar-refractivity contribution >= 4 is 0 Å². The van der Waals surface area contributed by atoms with Gasteiger partial charge < -0.3 is 9.84 Å². The first kappa shape index (κ1) is 12.2. The number of nitrogens with one attached hydrogen (secondary N) is 1. The molecule has 0 spiro atoms. The molecule has 0 aliphatic rings. The van der Waals surface area contributed by atoms with Gasteiger partial charge in [0.05, 0.1) is 5.69 Å². The van der Waals surface area contributed by atoms with Gasteiger partial charge in [-0.1, -0.05) is 25.9 Å². The van der Waals surface area contributed by atoms with Crippen LogP contribution in [0.1, 0.15) is 44.2 Å². The van der Waals surface area contributed by atoms with E-state index in [4.69, 9.17) is 4.52 Å². The van der Waals surface area contributed by atoms with E-state index in [1.54, 1.807) is 0 Å². The van der Waals surface area contributed by atoms with Crippen molar-refractivity contribution in [3.8, 4) is 0 Å². The Morgan fingerprint density at radius 1 is 1.33 bits per heavy atom. The molecular formula is C12H22N2O. The summed E-state index contributed by atoms with van der Waals surface area (Å²) in [6.45, 7) is 11.5. The van der Waals surface area contributed by atoms with Crippen LogP contribution in [0.4, 0.5) is 0 Å². The second-order valence-corrected chi connectivity index (χ2v) is 4.44. The first-order chi connectivity index (χ1) is 7.06. The summed E-state index contributed by atoms with van der Waals surface area (Å²) in [5.41, 5.74) is 2.20. The molecule has 1 aromatic heterocycles. The van der Waals surface area contributed by atoms with Crippen LogP contribution in [0.25, 0.3) is 0 Å². The lowest BCUT2D eigenvalue weighted by Gasteiger charge is -2.20. The minimum atomic E-state index is 0.568. The highest BCUT2D eigenvalue weighted by molar-refractivity contribution is 5.20. The van der Waals surface area contributed by atoms with Crippen molar-refractivity contribution in [2.45, 2.75) is 53.6 Å². The van der Waals surface area contributed by atoms with Gasteiger partial charge in [0.25, 0.3) is 0 Å². The highest BCUT2D eigenvalue weighted by atomic mass is 16.5. The smallest absolute Gasteiger partial charge is 0.138 e. The van der Waals surface area contributed by atoms with Crippen LogP contribution in [0.2, 0.25) is 0 Å². The van der Waals surface area contributed by atoms with Crippen LogP contribution in [-0.4, -0.2) is 11.2 Å². The number of hydrogen-bond donors (Lipinski definition) is 1. The van der Waals surface area contributed by atoms with Gasteiger partial charge >= 0.3 is 0 Å². The van der Waals surface area contributed by atoms with E-state index in [1.807, 2.05) is 13.8 Å². The van der Waals surface area contributed by atoms with Crippen LogP contribution >= 0.6 is 0 Å². The molecule has 15 heavy (non-hydrogen) atoms. The molecule has 0 aliphatic heterocycles. The molecule has 1 rings (SSSR count). The molecule has 0 radical (unpaired) electrons. The molecule has 0 bridgehead atoms. The third-order valence-electron chi connectivity index (χ3n) is 2.97. The van der Waals surface area contributed by atoms with E-state index >= 15 is 0 Å². The van der Waals surface area contributed by atoms with Crippen LogP contribution < -0.4 is 5.32 Å². The molecule has 0 unspecified atom stereocenters. The molecule has 86 valence electrons. The number of aromatic nitrogens is 1. The van der Waals surface area contributed by atoms with Gasteiger partial charge in [-0.05, 0) is 26.2 Å². The van der Waals surface area contributed by atoms with Crippen LogP contribution in [0.5, 0.6) is 0 Å². The Morgan fingerprint density at radius 3 is 2.40 bits per heavy atom. The Morgan fingerprint density at radius 2 is 2.00 bits per heavy atom. The van der Waals surface area contributed by atoms with Gasteiger partial charge in [0.15, 0.2) is 0 Å². The number of aryl methyl sites for hydroxylation is 2. The summed E-state index contributed by atoms with van der Waals surface area (Å²) in [7, 11) is 0. The maximum Gasteiger partial charge on any atom is 0.138 e. The van der Waals surface area contributed by atoms with Crippen molar-refractivity contribution in [3.05, 3.63) is 17.0 Å². The first-order valence-electron chi connectivity index (χ1n) is 5.71. The molecule has 1 atom stereocenters. The van der Waals surface area contributed by atoms with Gasteiger partial charge in [-0.15, -0.1) is 0 Å². The zero-order valence-electron chi connectivity index (χ0n) is 10.4. The lowest BCUT2D eigenvalue weighted by molar-refractivity contribution is 0.379. The zero-order chi connectivity index (χ0) is 11.4. The average Bonchev–Trinajstić information content (AvgIpc) is 2.49. The molecule has 3 heteroatoms. The Kier molecular flexibility index (Phi) is 4.33. The Hall–Kier alpha value is -0.830. The topological polar surface area (TPSA) is 38.1 Å². The largest absolute Gasteiger partial charge is 0.361 e. The van der Waals surface area contributed by atoms with Crippen molar-refractivity contribution in [2.24, 2.45) is 5.92 Å². The second-order valence-electron chi connectivity index (χ2n) is 4.44. The lowest BCUT2D eigenvalue weighted by atomic mass is 10.0. The maximum absolute atomic E-state index is 5.13. The minimum Gasteiger partial charge on any atom is -0.361 e. The van der Waals surface area contributed by atoms with Gasteiger partial charge in [-0.3, -0.25) is 0 Å². The summed E-state index contributed by atoms with van der Waals surface area (Å²) < 4.78 is 5.13. The van der Waals surface area contributed by atoms with E-state index in [9.17, 15) is 0 Å². The molecule has 0 saturated heterocycles. The van der Waals surface area contributed by atoms with E-state index in [0.717, 1.165) is 24.4 Å². The molecular weight excluding hydrogens is 188 g/mol. The summed E-state index contributed by atoms with van der Waals surface area (Å²) in [5.74, 6) is 1.59. The molecule has 0 amide bonds. The monoisotopic (exact) mass is 210 g/mol. The van der Waals surface area contributed by atoms with Gasteiger partial charge in [0, 0.05) is 18.2 Å². The van der Waals surface area contributed by atoms with E-state index < -0.39 is 0 Å². The molecule has 1 heterocycles. The predicted octanol–water partition coefficient (Wildman–Crippen LogP) is 2.82. The van der Waals surface area contributed by atoms with Crippen molar-refractivity contribution in [2.75, 3.05) is 0 Å². The minimum absolute atomic E-state index is 0.568. The van der Waals surface area contributed by atoms with Crippen LogP contribution in [0, 0.1) is 19.8 Å². The van der Waals surface area contributed by atoms with Crippen LogP contribution in [0.3, 0.4) is 0 Å². The van der Waals surface area contributed by atoms with Crippen molar-refractivity contribution in [3.63, 3.8) is 0 Å². The van der Waals surface area contributed by atoms with E-state index in [1.165, 1.54) is 5.56 Å². The average molecular weight is 210 g/mol. The van der Waals surface area contributed by atoms with E-state index in [-0.39, 0.29) is 0 Å². The SMILES string of the molecule is CC[C@@H](NCc1c(C)noc1C)C(C)C. The Bertz CT molecular complexity index is 285. The molecule has 1 aromatic rings. The molecule has 1 N–H and O–H groups in total. The quantitative estimate of drug-likeness (QED) is 0.812. The number of rotatable bonds is 5. The molecule has 0 fully saturated rings. The summed E-state index contributed by atoms with van der Waals surface area (Å²) in [4.78, 5) is 0. The third-order valence-corrected chi connectivity index (χ3v) is 2.97. The van der Waals surface area contributed by atoms with Crippen molar-refractivity contribution in [1.29, 1.82) is 0 Å². The normalized spacial score (nSPS) is 13.5. The molecule has 0 aliphatic carbocycles. The highest BCUT2D eigenvalue weighted by Gasteiger charge is 2.13. The number of nitrogens with zero attached hydrogens (tertiary/aromatic N) is 1. The van der Waals surface area contributed by atoms with Crippen LogP contribution in [0.15, 0.2) is 4.52 Å². The Labute approximate surface area is 92.2 Å². The molecule has 0 saturated carbocycles. The van der Waals surface area contributed by atoms with Crippen molar-refractivity contribution < 1.29 is 4.52 Å². The maximum atomic E-state index is 5.13. The van der Waals surface area contributed by atoms with Gasteiger partial charge in [0.1, 0.15) is 5.76 Å². The zero-order valence-corrected chi connectivity index (χ0v) is 10.4. The summed E-state index contributed by atoms with van der Waals surface area (Å²) in [6.07, 6.45) is 1.15. The fourth-order valence-electron chi connectivity index (χ4n) is 1.84. The van der Waals surface area contributed by atoms with E-state index in [0.29, 0.717) is 12.0 Å². The Balaban J connectivity index is 2.56. The first-order valence-corrected chi connectivity index (χ1v) is 5.71. The van der Waals surface area contributed by atoms with Gasteiger partial charge in [0.2, 0.25) is 0 Å². The third kappa shape index (κ3) is 3.06. The van der Waals surface area contributed by atoms with Crippen molar-refractivity contribution in [1.82, 2.24) is 10.5 Å². The van der Waals surface area contributed by atoms with Crippen LogP contribution in [-0.2, 0) is 6.54 Å². The summed E-state index contributed by atoms with van der Waals surface area (Å²) in [6, 6.07) is 0.568. The molecule has 3 nitrogen and oxygen atoms in total. The summed E-state index contributed by atoms with van der Waals surface area (Å²) >= 11 is 0. The molecule has 0 aromatic carbocycles. The van der Waals surface area contributed by atoms with Gasteiger partial charge in [-0.25, -0.2) is 0 Å². The highest BCUT2D eigenvalue weighted by Crippen LogP contribution is 2.13. The predicted molar refractivity (Wildman–Crippen MR) is 61.7 cm³/mol. The second kappa shape index (κ2) is 5.31. The fraction of sp³-hybridized carbons (Fsp3) is 0.750.